The fourth-order valence-corrected chi connectivity index (χ4v) is 8.28. The number of aliphatic hydroxyl groups is 5. The summed E-state index contributed by atoms with van der Waals surface area (Å²) in [6.45, 7) is 8.06. The van der Waals surface area contributed by atoms with Crippen LogP contribution in [0, 0.1) is 34.5 Å². The van der Waals surface area contributed by atoms with Crippen molar-refractivity contribution in [3.63, 3.8) is 0 Å². The number of allylic oxidation sites excluding steroid dienone is 1. The monoisotopic (exact) mass is 496 g/mol. The maximum Gasteiger partial charge on any atom is 0.348 e. The number of carbonyl (C=O) groups excluding carboxylic acids is 2. The van der Waals surface area contributed by atoms with Gasteiger partial charge in [-0.05, 0) is 38.5 Å². The molecule has 2 bridgehead atoms. The van der Waals surface area contributed by atoms with Crippen LogP contribution >= 0.6 is 0 Å². The van der Waals surface area contributed by atoms with Crippen LogP contribution in [-0.2, 0) is 23.8 Å². The number of esters is 2. The molecule has 0 aromatic heterocycles. The van der Waals surface area contributed by atoms with Crippen molar-refractivity contribution in [2.75, 3.05) is 6.61 Å². The van der Waals surface area contributed by atoms with Crippen LogP contribution in [0.15, 0.2) is 11.6 Å². The molecule has 2 saturated heterocycles. The predicted molar refractivity (Wildman–Crippen MR) is 118 cm³/mol. The van der Waals surface area contributed by atoms with Crippen LogP contribution in [0.2, 0.25) is 0 Å². The van der Waals surface area contributed by atoms with Gasteiger partial charge in [0.25, 0.3) is 0 Å². The maximum atomic E-state index is 13.3. The van der Waals surface area contributed by atoms with Crippen LogP contribution in [0.3, 0.4) is 0 Å². The second kappa shape index (κ2) is 7.49. The van der Waals surface area contributed by atoms with E-state index in [0.717, 1.165) is 5.57 Å². The van der Waals surface area contributed by atoms with E-state index in [0.29, 0.717) is 6.42 Å². The molecule has 2 aliphatic heterocycles. The first-order valence-electron chi connectivity index (χ1n) is 12.4. The lowest BCUT2D eigenvalue weighted by Gasteiger charge is -2.68. The van der Waals surface area contributed by atoms with Crippen molar-refractivity contribution in [1.82, 2.24) is 0 Å². The van der Waals surface area contributed by atoms with Gasteiger partial charge < -0.3 is 39.7 Å². The van der Waals surface area contributed by atoms with Crippen molar-refractivity contribution in [1.29, 1.82) is 0 Å². The smallest absolute Gasteiger partial charge is 0.348 e. The number of ether oxygens (including phenoxy) is 3. The molecule has 196 valence electrons. The lowest BCUT2D eigenvalue weighted by molar-refractivity contribution is -0.345. The summed E-state index contributed by atoms with van der Waals surface area (Å²) in [5.41, 5.74) is -3.29. The molecule has 2 saturated carbocycles. The van der Waals surface area contributed by atoms with Crippen LogP contribution in [-0.4, -0.2) is 86.0 Å². The molecule has 5 aliphatic rings. The van der Waals surface area contributed by atoms with E-state index in [-0.39, 0.29) is 18.9 Å². The zero-order chi connectivity index (χ0) is 25.9. The Balaban J connectivity index is 1.68. The third kappa shape index (κ3) is 2.86. The molecule has 0 aromatic rings. The molecule has 0 unspecified atom stereocenters. The molecule has 0 aromatic carbocycles. The predicted octanol–water partition coefficient (Wildman–Crippen LogP) is -0.359. The molecule has 13 atom stereocenters. The third-order valence-electron chi connectivity index (χ3n) is 10.2. The number of fused-ring (bicyclic) bond motifs is 1. The summed E-state index contributed by atoms with van der Waals surface area (Å²) in [5.74, 6) is -6.72. The summed E-state index contributed by atoms with van der Waals surface area (Å²) in [6, 6.07) is 0. The SMILES string of the molecule is CC[C@](C)(O)C(=O)O[C@@H]1C(=O)O[C@@H]2C[C@H]3C(C)=C[C@@H](O)[C@@H](O)[C@]3(C)[C@@H]3[C@]4(O)OC[C@@]23[C@H]1[C@H](C)[C@@H]4O. The average Bonchev–Trinajstić information content (AvgIpc) is 3.08. The molecule has 0 radical (unpaired) electrons. The molecule has 5 rings (SSSR count). The highest BCUT2D eigenvalue weighted by molar-refractivity contribution is 5.84. The minimum absolute atomic E-state index is 0.0607. The molecule has 10 nitrogen and oxygen atoms in total. The van der Waals surface area contributed by atoms with Gasteiger partial charge in [-0.2, -0.15) is 0 Å². The highest BCUT2D eigenvalue weighted by Crippen LogP contribution is 2.74. The summed E-state index contributed by atoms with van der Waals surface area (Å²) >= 11 is 0. The van der Waals surface area contributed by atoms with E-state index in [9.17, 15) is 35.1 Å². The second-order valence-corrected chi connectivity index (χ2v) is 11.8. The van der Waals surface area contributed by atoms with Gasteiger partial charge in [0.15, 0.2) is 11.4 Å². The molecule has 35 heavy (non-hydrogen) atoms. The molecule has 10 heteroatoms. The van der Waals surface area contributed by atoms with E-state index in [4.69, 9.17) is 14.2 Å². The Morgan fingerprint density at radius 3 is 2.57 bits per heavy atom. The van der Waals surface area contributed by atoms with E-state index in [1.54, 1.807) is 26.8 Å². The molecular formula is C25H36O10. The van der Waals surface area contributed by atoms with Crippen LogP contribution in [0.25, 0.3) is 0 Å². The Morgan fingerprint density at radius 2 is 1.94 bits per heavy atom. The maximum absolute atomic E-state index is 13.3. The quantitative estimate of drug-likeness (QED) is 0.258. The van der Waals surface area contributed by atoms with Gasteiger partial charge in [-0.15, -0.1) is 0 Å². The summed E-state index contributed by atoms with van der Waals surface area (Å²) in [4.78, 5) is 26.1. The van der Waals surface area contributed by atoms with Crippen LogP contribution in [0.4, 0.5) is 0 Å². The fraction of sp³-hybridized carbons (Fsp3) is 0.840. The van der Waals surface area contributed by atoms with Crippen LogP contribution in [0.1, 0.15) is 47.5 Å². The largest absolute Gasteiger partial charge is 0.459 e. The molecule has 4 fully saturated rings. The minimum atomic E-state index is -2.08. The molecule has 0 amide bonds. The van der Waals surface area contributed by atoms with Crippen LogP contribution < -0.4 is 0 Å². The van der Waals surface area contributed by atoms with Crippen LogP contribution in [0.5, 0.6) is 0 Å². The van der Waals surface area contributed by atoms with Gasteiger partial charge in [-0.3, -0.25) is 0 Å². The molecule has 5 N–H and O–H groups in total. The lowest BCUT2D eigenvalue weighted by Crippen LogP contribution is -2.78. The Labute approximate surface area is 203 Å². The van der Waals surface area contributed by atoms with Gasteiger partial charge in [-0.1, -0.05) is 32.4 Å². The molecule has 3 aliphatic carbocycles. The number of aliphatic hydroxyl groups excluding tert-OH is 3. The first-order chi connectivity index (χ1) is 16.2. The molecular weight excluding hydrogens is 460 g/mol. The van der Waals surface area contributed by atoms with Crippen molar-refractivity contribution in [3.8, 4) is 0 Å². The topological polar surface area (TPSA) is 163 Å². The molecule has 2 heterocycles. The minimum Gasteiger partial charge on any atom is -0.459 e. The first kappa shape index (κ1) is 25.1. The fourth-order valence-electron chi connectivity index (χ4n) is 8.28. The zero-order valence-electron chi connectivity index (χ0n) is 20.7. The standard InChI is InChI=1S/C25H36O10/c1-6-22(4,31)21(30)35-16-15-11(3)17(27)25(32)20-23(5)12(10(2)7-13(26)18(23)28)8-14(34-19(16)29)24(15,20)9-33-25/h7,11-18,20,26-28,31-32H,6,8-9H2,1-5H3/t11-,12-,13+,14+,15-,16-,17-,18+,20-,22-,23+,24-,25+/m0/s1. The van der Waals surface area contributed by atoms with Gasteiger partial charge in [0, 0.05) is 22.7 Å². The third-order valence-corrected chi connectivity index (χ3v) is 10.2. The van der Waals surface area contributed by atoms with Crippen molar-refractivity contribution in [3.05, 3.63) is 11.6 Å². The van der Waals surface area contributed by atoms with Crippen molar-refractivity contribution < 1.29 is 49.3 Å². The molecule has 1 spiro atoms. The summed E-state index contributed by atoms with van der Waals surface area (Å²) < 4.78 is 17.4. The van der Waals surface area contributed by atoms with E-state index < -0.39 is 82.4 Å². The number of hydrogen-bond acceptors (Lipinski definition) is 10. The van der Waals surface area contributed by atoms with Gasteiger partial charge in [0.05, 0.1) is 18.8 Å². The lowest BCUT2D eigenvalue weighted by atomic mass is 9.38. The Morgan fingerprint density at radius 1 is 1.29 bits per heavy atom. The highest BCUT2D eigenvalue weighted by atomic mass is 16.7. The highest BCUT2D eigenvalue weighted by Gasteiger charge is 2.83. The van der Waals surface area contributed by atoms with Gasteiger partial charge in [0.1, 0.15) is 12.2 Å². The summed E-state index contributed by atoms with van der Waals surface area (Å²) in [6.07, 6.45) is -4.18. The number of hydrogen-bond donors (Lipinski definition) is 5. The van der Waals surface area contributed by atoms with Crippen molar-refractivity contribution >= 4 is 11.9 Å². The Hall–Kier alpha value is -1.56. The van der Waals surface area contributed by atoms with E-state index in [1.807, 2.05) is 6.92 Å². The first-order valence-corrected chi connectivity index (χ1v) is 12.4. The van der Waals surface area contributed by atoms with E-state index in [2.05, 4.69) is 0 Å². The van der Waals surface area contributed by atoms with E-state index in [1.165, 1.54) is 6.92 Å². The summed E-state index contributed by atoms with van der Waals surface area (Å²) in [5, 5.41) is 55.6. The van der Waals surface area contributed by atoms with Gasteiger partial charge in [0.2, 0.25) is 6.10 Å². The Kier molecular flexibility index (Phi) is 5.37. The van der Waals surface area contributed by atoms with Crippen molar-refractivity contribution in [2.45, 2.75) is 89.4 Å². The average molecular weight is 497 g/mol. The van der Waals surface area contributed by atoms with Gasteiger partial charge >= 0.3 is 11.9 Å². The number of carbonyl (C=O) groups is 2. The zero-order valence-corrected chi connectivity index (χ0v) is 20.7. The van der Waals surface area contributed by atoms with Crippen molar-refractivity contribution in [2.24, 2.45) is 34.5 Å². The summed E-state index contributed by atoms with van der Waals surface area (Å²) in [7, 11) is 0. The number of rotatable bonds is 3. The second-order valence-electron chi connectivity index (χ2n) is 11.8. The normalized spacial score (nSPS) is 54.1. The Bertz CT molecular complexity index is 977. The van der Waals surface area contributed by atoms with E-state index >= 15 is 0 Å². The van der Waals surface area contributed by atoms with Gasteiger partial charge in [-0.25, -0.2) is 9.59 Å².